The summed E-state index contributed by atoms with van der Waals surface area (Å²) in [6.07, 6.45) is 3.09. The highest BCUT2D eigenvalue weighted by Gasteiger charge is 2.03. The molecule has 2 nitrogen and oxygen atoms in total. The first-order valence-corrected chi connectivity index (χ1v) is 4.92. The monoisotopic (exact) mass is 213 g/mol. The van der Waals surface area contributed by atoms with E-state index in [0.717, 1.165) is 16.5 Å². The number of hydrogen-bond donors (Lipinski definition) is 0. The van der Waals surface area contributed by atoms with Crippen molar-refractivity contribution in [1.82, 2.24) is 4.98 Å². The van der Waals surface area contributed by atoms with Crippen molar-refractivity contribution in [2.24, 2.45) is 0 Å². The zero-order valence-corrected chi connectivity index (χ0v) is 8.35. The van der Waals surface area contributed by atoms with Crippen LogP contribution in [-0.4, -0.2) is 4.98 Å². The maximum absolute atomic E-state index is 13.0. The summed E-state index contributed by atoms with van der Waals surface area (Å²) in [6.45, 7) is 0. The van der Waals surface area contributed by atoms with Crippen LogP contribution in [0.1, 0.15) is 0 Å². The molecule has 78 valence electrons. The Bertz CT molecular complexity index is 645. The van der Waals surface area contributed by atoms with Crippen LogP contribution in [-0.2, 0) is 0 Å². The van der Waals surface area contributed by atoms with Gasteiger partial charge in [-0.2, -0.15) is 0 Å². The van der Waals surface area contributed by atoms with Gasteiger partial charge in [0.1, 0.15) is 11.4 Å². The normalized spacial score (nSPS) is 10.8. The average Bonchev–Trinajstić information content (AvgIpc) is 2.75. The molecule has 0 aliphatic carbocycles. The van der Waals surface area contributed by atoms with Crippen LogP contribution in [0.2, 0.25) is 0 Å². The highest BCUT2D eigenvalue weighted by molar-refractivity contribution is 5.82. The van der Waals surface area contributed by atoms with Gasteiger partial charge in [0.15, 0.2) is 0 Å². The fourth-order valence-electron chi connectivity index (χ4n) is 1.69. The van der Waals surface area contributed by atoms with Gasteiger partial charge in [0, 0.05) is 23.2 Å². The Labute approximate surface area is 91.3 Å². The van der Waals surface area contributed by atoms with Crippen molar-refractivity contribution >= 4 is 11.0 Å². The van der Waals surface area contributed by atoms with E-state index in [1.807, 2.05) is 24.3 Å². The first-order chi connectivity index (χ1) is 7.83. The average molecular weight is 213 g/mol. The number of aromatic nitrogens is 1. The summed E-state index contributed by atoms with van der Waals surface area (Å²) in [5.41, 5.74) is 2.33. The van der Waals surface area contributed by atoms with Crippen molar-refractivity contribution in [3.8, 4) is 11.3 Å². The molecular weight excluding hydrogens is 205 g/mol. The van der Waals surface area contributed by atoms with Crippen LogP contribution in [0.15, 0.2) is 53.3 Å². The highest BCUT2D eigenvalue weighted by atomic mass is 19.1. The fourth-order valence-corrected chi connectivity index (χ4v) is 1.69. The molecule has 0 radical (unpaired) electrons. The first kappa shape index (κ1) is 9.09. The van der Waals surface area contributed by atoms with E-state index in [-0.39, 0.29) is 5.82 Å². The minimum absolute atomic E-state index is 0.280. The van der Waals surface area contributed by atoms with Crippen LogP contribution in [0.4, 0.5) is 4.39 Å². The molecule has 3 aromatic rings. The number of fused-ring (bicyclic) bond motifs is 1. The molecule has 2 aromatic heterocycles. The van der Waals surface area contributed by atoms with E-state index in [9.17, 15) is 4.39 Å². The van der Waals surface area contributed by atoms with Gasteiger partial charge in [-0.25, -0.2) is 4.39 Å². The molecule has 3 heteroatoms. The Hall–Kier alpha value is -2.16. The Morgan fingerprint density at radius 3 is 2.88 bits per heavy atom. The molecular formula is C13H8FNO. The summed E-state index contributed by atoms with van der Waals surface area (Å²) in [4.78, 5) is 4.13. The quantitative estimate of drug-likeness (QED) is 0.616. The second kappa shape index (κ2) is 3.45. The summed E-state index contributed by atoms with van der Waals surface area (Å²) in [7, 11) is 0. The SMILES string of the molecule is Fc1ccnc(-c2ccc3occc3c2)c1. The lowest BCUT2D eigenvalue weighted by atomic mass is 10.1. The number of halogens is 1. The molecule has 0 N–H and O–H groups in total. The topological polar surface area (TPSA) is 26.0 Å². The Kier molecular flexibility index (Phi) is 1.96. The standard InChI is InChI=1S/C13H8FNO/c14-11-3-5-15-12(8-11)9-1-2-13-10(7-9)4-6-16-13/h1-8H. The molecule has 0 aliphatic rings. The van der Waals surface area contributed by atoms with E-state index in [0.29, 0.717) is 5.69 Å². The Morgan fingerprint density at radius 1 is 1.06 bits per heavy atom. The Morgan fingerprint density at radius 2 is 2.00 bits per heavy atom. The van der Waals surface area contributed by atoms with Gasteiger partial charge in [-0.1, -0.05) is 0 Å². The zero-order valence-electron chi connectivity index (χ0n) is 8.35. The van der Waals surface area contributed by atoms with Crippen molar-refractivity contribution < 1.29 is 8.81 Å². The lowest BCUT2D eigenvalue weighted by Crippen LogP contribution is -1.84. The largest absolute Gasteiger partial charge is 0.464 e. The molecule has 0 atom stereocenters. The molecule has 0 bridgehead atoms. The number of pyridine rings is 1. The summed E-state index contributed by atoms with van der Waals surface area (Å²) in [6, 6.07) is 10.3. The molecule has 0 aliphatic heterocycles. The van der Waals surface area contributed by atoms with E-state index in [4.69, 9.17) is 4.42 Å². The second-order valence-corrected chi connectivity index (χ2v) is 3.53. The second-order valence-electron chi connectivity index (χ2n) is 3.53. The van der Waals surface area contributed by atoms with Crippen LogP contribution < -0.4 is 0 Å². The van der Waals surface area contributed by atoms with E-state index in [1.165, 1.54) is 18.3 Å². The lowest BCUT2D eigenvalue weighted by molar-refractivity contribution is 0.616. The van der Waals surface area contributed by atoms with Gasteiger partial charge in [0.05, 0.1) is 12.0 Å². The summed E-state index contributed by atoms with van der Waals surface area (Å²) < 4.78 is 18.3. The molecule has 3 rings (SSSR count). The van der Waals surface area contributed by atoms with E-state index < -0.39 is 0 Å². The predicted molar refractivity (Wildman–Crippen MR) is 59.4 cm³/mol. The van der Waals surface area contributed by atoms with E-state index in [2.05, 4.69) is 4.98 Å². The number of nitrogens with zero attached hydrogens (tertiary/aromatic N) is 1. The fraction of sp³-hybridized carbons (Fsp3) is 0. The highest BCUT2D eigenvalue weighted by Crippen LogP contribution is 2.23. The van der Waals surface area contributed by atoms with Crippen LogP contribution in [0.5, 0.6) is 0 Å². The zero-order chi connectivity index (χ0) is 11.0. The molecule has 0 fully saturated rings. The molecule has 0 amide bonds. The number of hydrogen-bond acceptors (Lipinski definition) is 2. The van der Waals surface area contributed by atoms with Crippen LogP contribution in [0.25, 0.3) is 22.2 Å². The van der Waals surface area contributed by atoms with Gasteiger partial charge in [0.25, 0.3) is 0 Å². The van der Waals surface area contributed by atoms with Crippen LogP contribution >= 0.6 is 0 Å². The maximum atomic E-state index is 13.0. The molecule has 2 heterocycles. The number of furan rings is 1. The summed E-state index contributed by atoms with van der Waals surface area (Å²) in [5.74, 6) is -0.280. The third-order valence-corrected chi connectivity index (χ3v) is 2.47. The Balaban J connectivity index is 2.18. The van der Waals surface area contributed by atoms with Crippen molar-refractivity contribution in [2.45, 2.75) is 0 Å². The number of rotatable bonds is 1. The van der Waals surface area contributed by atoms with Crippen molar-refractivity contribution in [3.63, 3.8) is 0 Å². The molecule has 0 unspecified atom stereocenters. The first-order valence-electron chi connectivity index (χ1n) is 4.92. The molecule has 1 aromatic carbocycles. The number of benzene rings is 1. The minimum atomic E-state index is -0.280. The van der Waals surface area contributed by atoms with Gasteiger partial charge in [0.2, 0.25) is 0 Å². The van der Waals surface area contributed by atoms with Crippen molar-refractivity contribution in [1.29, 1.82) is 0 Å². The molecule has 0 saturated carbocycles. The van der Waals surface area contributed by atoms with Gasteiger partial charge in [-0.05, 0) is 30.3 Å². The summed E-state index contributed by atoms with van der Waals surface area (Å²) >= 11 is 0. The minimum Gasteiger partial charge on any atom is -0.464 e. The van der Waals surface area contributed by atoms with Crippen molar-refractivity contribution in [2.75, 3.05) is 0 Å². The van der Waals surface area contributed by atoms with Crippen LogP contribution in [0, 0.1) is 5.82 Å². The molecule has 16 heavy (non-hydrogen) atoms. The van der Waals surface area contributed by atoms with Crippen LogP contribution in [0.3, 0.4) is 0 Å². The van der Waals surface area contributed by atoms with Gasteiger partial charge in [-0.3, -0.25) is 4.98 Å². The van der Waals surface area contributed by atoms with Crippen molar-refractivity contribution in [3.05, 3.63) is 54.7 Å². The van der Waals surface area contributed by atoms with Gasteiger partial charge < -0.3 is 4.42 Å². The summed E-state index contributed by atoms with van der Waals surface area (Å²) in [5, 5.41) is 0.989. The van der Waals surface area contributed by atoms with Gasteiger partial charge in [-0.15, -0.1) is 0 Å². The molecule has 0 spiro atoms. The molecule has 0 saturated heterocycles. The van der Waals surface area contributed by atoms with E-state index >= 15 is 0 Å². The smallest absolute Gasteiger partial charge is 0.133 e. The predicted octanol–water partition coefficient (Wildman–Crippen LogP) is 3.63. The van der Waals surface area contributed by atoms with Gasteiger partial charge >= 0.3 is 0 Å². The maximum Gasteiger partial charge on any atom is 0.133 e. The third-order valence-electron chi connectivity index (χ3n) is 2.47. The lowest BCUT2D eigenvalue weighted by Gasteiger charge is -2.00. The third kappa shape index (κ3) is 1.46. The van der Waals surface area contributed by atoms with E-state index in [1.54, 1.807) is 6.26 Å².